The Morgan fingerprint density at radius 1 is 1.26 bits per heavy atom. The molecule has 1 aromatic rings. The number of hydrogen-bond acceptors (Lipinski definition) is 5. The molecule has 0 radical (unpaired) electrons. The molecule has 1 N–H and O–H groups in total. The van der Waals surface area contributed by atoms with E-state index < -0.39 is 30.3 Å². The van der Waals surface area contributed by atoms with E-state index in [9.17, 15) is 19.2 Å². The number of carbonyl (C=O) groups excluding carboxylic acids is 4. The molecule has 1 saturated heterocycles. The molecule has 0 spiro atoms. The topological polar surface area (TPSA) is 96.0 Å². The van der Waals surface area contributed by atoms with Crippen molar-refractivity contribution in [3.05, 3.63) is 24.3 Å². The number of methoxy groups -OCH3 is 1. The fourth-order valence-electron chi connectivity index (χ4n) is 2.36. The number of benzene rings is 1. The molecule has 23 heavy (non-hydrogen) atoms. The number of rotatable bonds is 5. The summed E-state index contributed by atoms with van der Waals surface area (Å²) in [6, 6.07) is 5.74. The number of carbonyl (C=O) groups is 4. The highest BCUT2D eigenvalue weighted by Gasteiger charge is 2.51. The van der Waals surface area contributed by atoms with Crippen LogP contribution in [0.3, 0.4) is 0 Å². The normalized spacial score (nSPS) is 17.7. The van der Waals surface area contributed by atoms with E-state index in [-0.39, 0.29) is 6.04 Å². The van der Waals surface area contributed by atoms with E-state index in [1.54, 1.807) is 24.3 Å². The number of nitrogens with one attached hydrogen (secondary N) is 1. The second kappa shape index (κ2) is 5.71. The Morgan fingerprint density at radius 2 is 2.00 bits per heavy atom. The van der Waals surface area contributed by atoms with Gasteiger partial charge in [0.15, 0.2) is 0 Å². The molecule has 2 aliphatic rings. The minimum absolute atomic E-state index is 0.203. The Labute approximate surface area is 132 Å². The van der Waals surface area contributed by atoms with Gasteiger partial charge in [-0.3, -0.25) is 19.3 Å². The molecule has 8 nitrogen and oxygen atoms in total. The molecule has 0 bridgehead atoms. The maximum Gasteiger partial charge on any atom is 0.334 e. The van der Waals surface area contributed by atoms with E-state index in [1.165, 1.54) is 7.11 Å². The first-order chi connectivity index (χ1) is 11.0. The van der Waals surface area contributed by atoms with Gasteiger partial charge in [0.2, 0.25) is 5.91 Å². The molecule has 2 fully saturated rings. The first kappa shape index (κ1) is 15.0. The van der Waals surface area contributed by atoms with Gasteiger partial charge in [0, 0.05) is 17.8 Å². The van der Waals surface area contributed by atoms with Crippen LogP contribution in [0, 0.1) is 0 Å². The lowest BCUT2D eigenvalue weighted by molar-refractivity contribution is -0.143. The lowest BCUT2D eigenvalue weighted by atomic mass is 10.3. The average molecular weight is 317 g/mol. The van der Waals surface area contributed by atoms with E-state index in [1.807, 2.05) is 0 Å². The highest BCUT2D eigenvalue weighted by Crippen LogP contribution is 2.31. The summed E-state index contributed by atoms with van der Waals surface area (Å²) in [7, 11) is 1.50. The van der Waals surface area contributed by atoms with Gasteiger partial charge in [0.05, 0.1) is 7.11 Å². The SMILES string of the molecule is COc1cccc(NC(=O)CN2C(=O)C(=O)N(C3CC3)C2=O)c1. The lowest BCUT2D eigenvalue weighted by Gasteiger charge is -2.14. The van der Waals surface area contributed by atoms with Crippen LogP contribution >= 0.6 is 0 Å². The van der Waals surface area contributed by atoms with Crippen LogP contribution in [0.25, 0.3) is 0 Å². The van der Waals surface area contributed by atoms with Crippen LogP contribution in [-0.4, -0.2) is 53.2 Å². The summed E-state index contributed by atoms with van der Waals surface area (Å²) in [5, 5.41) is 2.56. The number of imide groups is 2. The van der Waals surface area contributed by atoms with Crippen LogP contribution in [0.1, 0.15) is 12.8 Å². The van der Waals surface area contributed by atoms with E-state index in [4.69, 9.17) is 4.74 Å². The van der Waals surface area contributed by atoms with Gasteiger partial charge in [-0.1, -0.05) is 6.07 Å². The summed E-state index contributed by atoms with van der Waals surface area (Å²) >= 11 is 0. The predicted molar refractivity (Wildman–Crippen MR) is 78.6 cm³/mol. The monoisotopic (exact) mass is 317 g/mol. The summed E-state index contributed by atoms with van der Waals surface area (Å²) < 4.78 is 5.04. The molecule has 1 aliphatic heterocycles. The van der Waals surface area contributed by atoms with Crippen LogP contribution in [0.5, 0.6) is 5.75 Å². The number of hydrogen-bond donors (Lipinski definition) is 1. The van der Waals surface area contributed by atoms with E-state index in [0.717, 1.165) is 4.90 Å². The number of nitrogens with zero attached hydrogens (tertiary/aromatic N) is 2. The van der Waals surface area contributed by atoms with Gasteiger partial charge < -0.3 is 10.1 Å². The minimum Gasteiger partial charge on any atom is -0.497 e. The lowest BCUT2D eigenvalue weighted by Crippen LogP contribution is -2.39. The van der Waals surface area contributed by atoms with Gasteiger partial charge in [0.25, 0.3) is 0 Å². The smallest absolute Gasteiger partial charge is 0.334 e. The van der Waals surface area contributed by atoms with Crippen LogP contribution in [0.4, 0.5) is 10.5 Å². The van der Waals surface area contributed by atoms with Gasteiger partial charge in [0.1, 0.15) is 12.3 Å². The van der Waals surface area contributed by atoms with E-state index >= 15 is 0 Å². The first-order valence-corrected chi connectivity index (χ1v) is 7.14. The molecule has 1 saturated carbocycles. The van der Waals surface area contributed by atoms with Crippen LogP contribution in [0.2, 0.25) is 0 Å². The zero-order chi connectivity index (χ0) is 16.6. The van der Waals surface area contributed by atoms with Gasteiger partial charge in [-0.2, -0.15) is 0 Å². The molecule has 5 amide bonds. The number of anilines is 1. The average Bonchev–Trinajstić information content (AvgIpc) is 3.33. The van der Waals surface area contributed by atoms with Gasteiger partial charge in [-0.15, -0.1) is 0 Å². The third-order valence-corrected chi connectivity index (χ3v) is 3.65. The minimum atomic E-state index is -0.956. The highest BCUT2D eigenvalue weighted by molar-refractivity contribution is 6.45. The fraction of sp³-hybridized carbons (Fsp3) is 0.333. The van der Waals surface area contributed by atoms with Crippen molar-refractivity contribution in [2.45, 2.75) is 18.9 Å². The molecule has 1 aliphatic carbocycles. The van der Waals surface area contributed by atoms with Crippen molar-refractivity contribution < 1.29 is 23.9 Å². The van der Waals surface area contributed by atoms with Gasteiger partial charge in [-0.25, -0.2) is 9.69 Å². The van der Waals surface area contributed by atoms with Crippen molar-refractivity contribution >= 4 is 29.4 Å². The Bertz CT molecular complexity index is 698. The number of urea groups is 1. The summed E-state index contributed by atoms with van der Waals surface area (Å²) in [6.45, 7) is -0.496. The summed E-state index contributed by atoms with van der Waals surface area (Å²) in [5.41, 5.74) is 0.471. The standard InChI is InChI=1S/C15H15N3O5/c1-23-11-4-2-3-9(7-11)16-12(19)8-17-13(20)14(21)18(15(17)22)10-5-6-10/h2-4,7,10H,5-6,8H2,1H3,(H,16,19). The van der Waals surface area contributed by atoms with Crippen molar-refractivity contribution in [3.8, 4) is 5.75 Å². The number of amides is 5. The van der Waals surface area contributed by atoms with Crippen LogP contribution in [-0.2, 0) is 14.4 Å². The van der Waals surface area contributed by atoms with E-state index in [2.05, 4.69) is 5.32 Å². The van der Waals surface area contributed by atoms with Crippen molar-refractivity contribution in [2.24, 2.45) is 0 Å². The quantitative estimate of drug-likeness (QED) is 0.633. The molecular weight excluding hydrogens is 302 g/mol. The molecule has 3 rings (SSSR count). The van der Waals surface area contributed by atoms with Gasteiger partial charge >= 0.3 is 17.8 Å². The Morgan fingerprint density at radius 3 is 2.65 bits per heavy atom. The van der Waals surface area contributed by atoms with E-state index in [0.29, 0.717) is 29.2 Å². The maximum atomic E-state index is 12.1. The summed E-state index contributed by atoms with van der Waals surface area (Å²) in [4.78, 5) is 49.4. The largest absolute Gasteiger partial charge is 0.497 e. The van der Waals surface area contributed by atoms with Gasteiger partial charge in [-0.05, 0) is 25.0 Å². The third-order valence-electron chi connectivity index (χ3n) is 3.65. The molecule has 0 atom stereocenters. The molecule has 8 heteroatoms. The Kier molecular flexibility index (Phi) is 3.73. The molecular formula is C15H15N3O5. The first-order valence-electron chi connectivity index (χ1n) is 7.14. The van der Waals surface area contributed by atoms with Crippen LogP contribution in [0.15, 0.2) is 24.3 Å². The summed E-state index contributed by atoms with van der Waals surface area (Å²) in [5.74, 6) is -1.81. The van der Waals surface area contributed by atoms with Crippen molar-refractivity contribution in [1.82, 2.24) is 9.80 Å². The maximum absolute atomic E-state index is 12.1. The third kappa shape index (κ3) is 2.87. The van der Waals surface area contributed by atoms with Crippen LogP contribution < -0.4 is 10.1 Å². The number of ether oxygens (including phenoxy) is 1. The second-order valence-corrected chi connectivity index (χ2v) is 5.36. The Balaban J connectivity index is 1.66. The highest BCUT2D eigenvalue weighted by atomic mass is 16.5. The zero-order valence-electron chi connectivity index (χ0n) is 12.4. The molecule has 120 valence electrons. The zero-order valence-corrected chi connectivity index (χ0v) is 12.4. The van der Waals surface area contributed by atoms with Crippen molar-refractivity contribution in [2.75, 3.05) is 19.0 Å². The molecule has 1 heterocycles. The predicted octanol–water partition coefficient (Wildman–Crippen LogP) is 0.587. The second-order valence-electron chi connectivity index (χ2n) is 5.36. The van der Waals surface area contributed by atoms with Crippen molar-refractivity contribution in [3.63, 3.8) is 0 Å². The molecule has 0 unspecified atom stereocenters. The molecule has 0 aromatic heterocycles. The Hall–Kier alpha value is -2.90. The molecule has 1 aromatic carbocycles. The van der Waals surface area contributed by atoms with Crippen molar-refractivity contribution in [1.29, 1.82) is 0 Å². The summed E-state index contributed by atoms with van der Waals surface area (Å²) in [6.07, 6.45) is 1.41. The fourth-order valence-corrected chi connectivity index (χ4v) is 2.36.